The largest absolute Gasteiger partial charge is 0.465 e. The third kappa shape index (κ3) is 2.55. The Hall–Kier alpha value is -0.400. The van der Waals surface area contributed by atoms with Crippen LogP contribution in [-0.4, -0.2) is 22.2 Å². The van der Waals surface area contributed by atoms with Crippen LogP contribution in [0.25, 0.3) is 0 Å². The monoisotopic (exact) mass is 449 g/mol. The van der Waals surface area contributed by atoms with Gasteiger partial charge >= 0.3 is 5.97 Å². The number of esters is 1. The van der Waals surface area contributed by atoms with E-state index in [9.17, 15) is 9.59 Å². The topological polar surface area (TPSA) is 55.4 Å². The average molecular weight is 451 g/mol. The van der Waals surface area contributed by atoms with Crippen LogP contribution in [0.3, 0.4) is 0 Å². The van der Waals surface area contributed by atoms with Gasteiger partial charge in [-0.3, -0.25) is 4.79 Å². The number of methoxy groups -OCH3 is 1. The molecule has 1 heterocycles. The van der Waals surface area contributed by atoms with Crippen molar-refractivity contribution in [2.75, 3.05) is 12.4 Å². The highest BCUT2D eigenvalue weighted by atomic mass is 79.9. The summed E-state index contributed by atoms with van der Waals surface area (Å²) in [6.45, 7) is 1.90. The van der Waals surface area contributed by atoms with Crippen LogP contribution in [0.5, 0.6) is 0 Å². The first kappa shape index (κ1) is 16.5. The quantitative estimate of drug-likeness (QED) is 0.553. The molecule has 0 aliphatic heterocycles. The number of carbonyl (C=O) groups is 2. The minimum atomic E-state index is -0.509. The summed E-state index contributed by atoms with van der Waals surface area (Å²) in [6.07, 6.45) is 4.77. The number of ether oxygens (including phenoxy) is 1. The molecule has 0 unspecified atom stereocenters. The molecule has 1 fully saturated rings. The number of hydrogen-bond donors (Lipinski definition) is 1. The number of anilines is 1. The molecule has 1 aromatic heterocycles. The van der Waals surface area contributed by atoms with Crippen molar-refractivity contribution in [2.45, 2.75) is 42.3 Å². The van der Waals surface area contributed by atoms with E-state index < -0.39 is 5.41 Å². The first-order valence-corrected chi connectivity index (χ1v) is 9.62. The third-order valence-corrected chi connectivity index (χ3v) is 8.07. The van der Waals surface area contributed by atoms with E-state index >= 15 is 0 Å². The minimum Gasteiger partial charge on any atom is -0.465 e. The van der Waals surface area contributed by atoms with Crippen LogP contribution in [0.1, 0.15) is 47.0 Å². The van der Waals surface area contributed by atoms with E-state index in [-0.39, 0.29) is 15.1 Å². The van der Waals surface area contributed by atoms with Gasteiger partial charge in [0.05, 0.1) is 21.3 Å². The number of aryl methyl sites for hydroxylation is 1. The van der Waals surface area contributed by atoms with Crippen molar-refractivity contribution in [3.63, 3.8) is 0 Å². The molecule has 1 aromatic rings. The molecule has 1 N–H and O–H groups in total. The van der Waals surface area contributed by atoms with Crippen LogP contribution in [0, 0.1) is 5.41 Å². The van der Waals surface area contributed by atoms with Crippen molar-refractivity contribution in [3.8, 4) is 0 Å². The maximum atomic E-state index is 12.6. The van der Waals surface area contributed by atoms with Crippen LogP contribution in [0.2, 0.25) is 0 Å². The molecule has 0 bridgehead atoms. The summed E-state index contributed by atoms with van der Waals surface area (Å²) in [5, 5.41) is 3.59. The van der Waals surface area contributed by atoms with E-state index in [2.05, 4.69) is 37.2 Å². The Kier molecular flexibility index (Phi) is 4.19. The predicted octanol–water partition coefficient (Wildman–Crippen LogP) is 4.25. The summed E-state index contributed by atoms with van der Waals surface area (Å²) < 4.78 is 4.58. The number of hydrogen-bond acceptors (Lipinski definition) is 4. The second kappa shape index (κ2) is 5.60. The van der Waals surface area contributed by atoms with Gasteiger partial charge in [-0.25, -0.2) is 4.79 Å². The van der Waals surface area contributed by atoms with E-state index in [1.807, 2.05) is 6.92 Å². The Labute approximate surface area is 150 Å². The molecular formula is C15H17Br2NO3S. The Balaban J connectivity index is 1.92. The lowest BCUT2D eigenvalue weighted by Crippen LogP contribution is -2.26. The number of alkyl halides is 2. The van der Waals surface area contributed by atoms with E-state index in [4.69, 9.17) is 4.74 Å². The van der Waals surface area contributed by atoms with E-state index in [0.29, 0.717) is 17.0 Å². The Bertz CT molecular complexity index is 655. The molecule has 4 nitrogen and oxygen atoms in total. The second-order valence-corrected chi connectivity index (χ2v) is 11.0. The van der Waals surface area contributed by atoms with Gasteiger partial charge in [0.15, 0.2) is 0 Å². The summed E-state index contributed by atoms with van der Waals surface area (Å²) in [4.78, 5) is 25.9. The SMILES string of the molecule is COC(=O)c1c(NC(=O)[C@]2(C)CC2(Br)Br)sc2c1CCCC2. The van der Waals surface area contributed by atoms with Crippen molar-refractivity contribution < 1.29 is 14.3 Å². The highest BCUT2D eigenvalue weighted by molar-refractivity contribution is 9.25. The number of rotatable bonds is 3. The van der Waals surface area contributed by atoms with Gasteiger partial charge in [-0.15, -0.1) is 11.3 Å². The minimum absolute atomic E-state index is 0.0787. The molecule has 7 heteroatoms. The Morgan fingerprint density at radius 3 is 2.50 bits per heavy atom. The fourth-order valence-electron chi connectivity index (χ4n) is 2.86. The van der Waals surface area contributed by atoms with Crippen molar-refractivity contribution in [1.82, 2.24) is 0 Å². The van der Waals surface area contributed by atoms with Gasteiger partial charge in [-0.2, -0.15) is 0 Å². The maximum absolute atomic E-state index is 12.6. The maximum Gasteiger partial charge on any atom is 0.341 e. The van der Waals surface area contributed by atoms with Crippen molar-refractivity contribution in [1.29, 1.82) is 0 Å². The van der Waals surface area contributed by atoms with Crippen molar-refractivity contribution in [3.05, 3.63) is 16.0 Å². The van der Waals surface area contributed by atoms with E-state index in [1.54, 1.807) is 0 Å². The smallest absolute Gasteiger partial charge is 0.341 e. The van der Waals surface area contributed by atoms with Crippen LogP contribution in [0.15, 0.2) is 0 Å². The third-order valence-electron chi connectivity index (χ3n) is 4.55. The lowest BCUT2D eigenvalue weighted by molar-refractivity contribution is -0.120. The Morgan fingerprint density at radius 2 is 1.91 bits per heavy atom. The summed E-state index contributed by atoms with van der Waals surface area (Å²) in [7, 11) is 1.38. The average Bonchev–Trinajstić information content (AvgIpc) is 2.83. The lowest BCUT2D eigenvalue weighted by atomic mass is 9.95. The highest BCUT2D eigenvalue weighted by Gasteiger charge is 2.66. The number of halogens is 2. The molecule has 0 spiro atoms. The van der Waals surface area contributed by atoms with Crippen LogP contribution >= 0.6 is 43.2 Å². The molecule has 0 aromatic carbocycles. The number of amides is 1. The molecule has 3 rings (SSSR count). The van der Waals surface area contributed by atoms with Gasteiger partial charge < -0.3 is 10.1 Å². The summed E-state index contributed by atoms with van der Waals surface area (Å²) in [5.74, 6) is -0.440. The predicted molar refractivity (Wildman–Crippen MR) is 94.2 cm³/mol. The zero-order chi connectivity index (χ0) is 16.1. The van der Waals surface area contributed by atoms with E-state index in [0.717, 1.165) is 31.2 Å². The van der Waals surface area contributed by atoms with Crippen molar-refractivity contribution >= 4 is 60.1 Å². The van der Waals surface area contributed by atoms with Crippen LogP contribution in [0.4, 0.5) is 5.00 Å². The summed E-state index contributed by atoms with van der Waals surface area (Å²) >= 11 is 8.53. The first-order chi connectivity index (χ1) is 10.3. The van der Waals surface area contributed by atoms with E-state index in [1.165, 1.54) is 23.3 Å². The standard InChI is InChI=1S/C15H17Br2NO3S/c1-14(7-15(14,16)17)13(20)18-11-10(12(19)21-2)8-5-3-4-6-9(8)22-11/h3-7H2,1-2H3,(H,18,20)/t14-/m0/s1. The zero-order valence-electron chi connectivity index (χ0n) is 12.4. The second-order valence-electron chi connectivity index (χ2n) is 6.07. The number of fused-ring (bicyclic) bond motifs is 1. The van der Waals surface area contributed by atoms with Gasteiger partial charge in [-0.05, 0) is 44.6 Å². The van der Waals surface area contributed by atoms with Crippen LogP contribution < -0.4 is 5.32 Å². The summed E-state index contributed by atoms with van der Waals surface area (Å²) in [6, 6.07) is 0. The number of thiophene rings is 1. The Morgan fingerprint density at radius 1 is 1.27 bits per heavy atom. The van der Waals surface area contributed by atoms with Crippen molar-refractivity contribution in [2.24, 2.45) is 5.41 Å². The fraction of sp³-hybridized carbons (Fsp3) is 0.600. The highest BCUT2D eigenvalue weighted by Crippen LogP contribution is 2.66. The van der Waals surface area contributed by atoms with Gasteiger partial charge in [-0.1, -0.05) is 31.9 Å². The lowest BCUT2D eigenvalue weighted by Gasteiger charge is -2.13. The molecule has 120 valence electrons. The molecule has 1 amide bonds. The molecule has 1 atom stereocenters. The molecule has 22 heavy (non-hydrogen) atoms. The normalized spacial score (nSPS) is 25.3. The molecular weight excluding hydrogens is 434 g/mol. The van der Waals surface area contributed by atoms with Gasteiger partial charge in [0.25, 0.3) is 0 Å². The number of carbonyl (C=O) groups excluding carboxylic acids is 2. The number of nitrogens with one attached hydrogen (secondary N) is 1. The summed E-state index contributed by atoms with van der Waals surface area (Å²) in [5.41, 5.74) is 1.10. The van der Waals surface area contributed by atoms with Gasteiger partial charge in [0.2, 0.25) is 5.91 Å². The molecule has 0 saturated heterocycles. The first-order valence-electron chi connectivity index (χ1n) is 7.22. The van der Waals surface area contributed by atoms with Gasteiger partial charge in [0, 0.05) is 4.88 Å². The molecule has 2 aliphatic rings. The molecule has 1 saturated carbocycles. The fourth-order valence-corrected chi connectivity index (χ4v) is 5.61. The molecule has 0 radical (unpaired) electrons. The molecule has 2 aliphatic carbocycles. The van der Waals surface area contributed by atoms with Gasteiger partial charge in [0.1, 0.15) is 5.00 Å². The van der Waals surface area contributed by atoms with Crippen LogP contribution in [-0.2, 0) is 22.4 Å². The zero-order valence-corrected chi connectivity index (χ0v) is 16.4.